The highest BCUT2D eigenvalue weighted by Crippen LogP contribution is 2.23. The Bertz CT molecular complexity index is 729. The number of amides is 1. The smallest absolute Gasteiger partial charge is 0.233 e. The van der Waals surface area contributed by atoms with Gasteiger partial charge in [-0.2, -0.15) is 0 Å². The highest BCUT2D eigenvalue weighted by atomic mass is 32.2. The number of aryl methyl sites for hydroxylation is 1. The molecular formula is C18H24N4O2S. The van der Waals surface area contributed by atoms with Crippen molar-refractivity contribution in [2.75, 3.05) is 25.4 Å². The van der Waals surface area contributed by atoms with Crippen LogP contribution in [0.5, 0.6) is 0 Å². The Morgan fingerprint density at radius 2 is 2.08 bits per heavy atom. The molecule has 0 saturated carbocycles. The van der Waals surface area contributed by atoms with Crippen molar-refractivity contribution in [3.63, 3.8) is 0 Å². The Labute approximate surface area is 152 Å². The van der Waals surface area contributed by atoms with Crippen molar-refractivity contribution in [1.29, 1.82) is 0 Å². The van der Waals surface area contributed by atoms with Gasteiger partial charge in [-0.05, 0) is 13.3 Å². The van der Waals surface area contributed by atoms with Gasteiger partial charge in [-0.1, -0.05) is 48.5 Å². The number of thioether (sulfide) groups is 1. The average molecular weight is 360 g/mol. The number of morpholine rings is 1. The van der Waals surface area contributed by atoms with E-state index >= 15 is 0 Å². The van der Waals surface area contributed by atoms with E-state index in [0.717, 1.165) is 23.0 Å². The zero-order chi connectivity index (χ0) is 17.8. The van der Waals surface area contributed by atoms with Crippen LogP contribution in [-0.4, -0.2) is 57.1 Å². The second-order valence-electron chi connectivity index (χ2n) is 6.26. The molecule has 1 amide bonds. The molecule has 1 aromatic carbocycles. The number of benzene rings is 1. The average Bonchev–Trinajstić information content (AvgIpc) is 3.01. The molecular weight excluding hydrogens is 336 g/mol. The monoisotopic (exact) mass is 360 g/mol. The van der Waals surface area contributed by atoms with Gasteiger partial charge in [-0.3, -0.25) is 4.79 Å². The molecule has 0 N–H and O–H groups in total. The summed E-state index contributed by atoms with van der Waals surface area (Å²) in [5.74, 6) is 1.31. The van der Waals surface area contributed by atoms with Crippen LogP contribution in [-0.2, 0) is 16.6 Å². The minimum absolute atomic E-state index is 0.131. The second-order valence-corrected chi connectivity index (χ2v) is 7.20. The molecule has 25 heavy (non-hydrogen) atoms. The number of hydrogen-bond acceptors (Lipinski definition) is 5. The van der Waals surface area contributed by atoms with E-state index in [4.69, 9.17) is 4.74 Å². The van der Waals surface area contributed by atoms with Gasteiger partial charge in [0.25, 0.3) is 0 Å². The van der Waals surface area contributed by atoms with Crippen LogP contribution in [0.1, 0.15) is 18.9 Å². The number of ether oxygens (including phenoxy) is 1. The van der Waals surface area contributed by atoms with E-state index in [0.29, 0.717) is 25.4 Å². The van der Waals surface area contributed by atoms with Crippen molar-refractivity contribution in [3.05, 3.63) is 29.8 Å². The molecule has 7 heteroatoms. The van der Waals surface area contributed by atoms with Gasteiger partial charge in [0.15, 0.2) is 11.0 Å². The van der Waals surface area contributed by atoms with Crippen molar-refractivity contribution in [2.24, 2.45) is 7.05 Å². The predicted octanol–water partition coefficient (Wildman–Crippen LogP) is 2.52. The maximum atomic E-state index is 12.5. The second kappa shape index (κ2) is 8.01. The molecule has 0 bridgehead atoms. The first-order valence-electron chi connectivity index (χ1n) is 8.57. The molecule has 6 nitrogen and oxygen atoms in total. The van der Waals surface area contributed by atoms with E-state index in [2.05, 4.69) is 36.2 Å². The van der Waals surface area contributed by atoms with Crippen molar-refractivity contribution >= 4 is 17.7 Å². The highest BCUT2D eigenvalue weighted by molar-refractivity contribution is 7.99. The minimum atomic E-state index is 0.131. The zero-order valence-electron chi connectivity index (χ0n) is 14.9. The summed E-state index contributed by atoms with van der Waals surface area (Å²) in [5, 5.41) is 9.28. The van der Waals surface area contributed by atoms with Crippen molar-refractivity contribution in [3.8, 4) is 11.4 Å². The van der Waals surface area contributed by atoms with Crippen LogP contribution < -0.4 is 0 Å². The largest absolute Gasteiger partial charge is 0.375 e. The van der Waals surface area contributed by atoms with Crippen LogP contribution in [0.25, 0.3) is 11.4 Å². The fourth-order valence-electron chi connectivity index (χ4n) is 2.81. The van der Waals surface area contributed by atoms with Gasteiger partial charge < -0.3 is 14.2 Å². The fourth-order valence-corrected chi connectivity index (χ4v) is 3.62. The number of carbonyl (C=O) groups excluding carboxylic acids is 1. The molecule has 134 valence electrons. The standard InChI is InChI=1S/C18H24N4O2S/c1-4-15-11-22(9-10-24-15)16(23)12-25-18-20-19-17(21(18)3)14-7-5-13(2)6-8-14/h5-8,15H,4,9-12H2,1-3H3/t15-/m1/s1. The summed E-state index contributed by atoms with van der Waals surface area (Å²) in [6.45, 7) is 6.12. The Morgan fingerprint density at radius 3 is 2.80 bits per heavy atom. The van der Waals surface area contributed by atoms with Gasteiger partial charge in [0.2, 0.25) is 5.91 Å². The molecule has 0 unspecified atom stereocenters. The van der Waals surface area contributed by atoms with Gasteiger partial charge in [-0.25, -0.2) is 0 Å². The first-order valence-corrected chi connectivity index (χ1v) is 9.55. The molecule has 1 aromatic heterocycles. The lowest BCUT2D eigenvalue weighted by atomic mass is 10.1. The Balaban J connectivity index is 1.62. The Hall–Kier alpha value is -1.86. The zero-order valence-corrected chi connectivity index (χ0v) is 15.8. The maximum Gasteiger partial charge on any atom is 0.233 e. The van der Waals surface area contributed by atoms with Crippen LogP contribution in [0, 0.1) is 6.92 Å². The van der Waals surface area contributed by atoms with Crippen LogP contribution in [0.2, 0.25) is 0 Å². The molecule has 2 heterocycles. The topological polar surface area (TPSA) is 60.2 Å². The molecule has 1 atom stereocenters. The SMILES string of the molecule is CC[C@@H]1CN(C(=O)CSc2nnc(-c3ccc(C)cc3)n2C)CCO1. The minimum Gasteiger partial charge on any atom is -0.375 e. The van der Waals surface area contributed by atoms with Gasteiger partial charge in [0.1, 0.15) is 0 Å². The molecule has 1 fully saturated rings. The molecule has 2 aromatic rings. The highest BCUT2D eigenvalue weighted by Gasteiger charge is 2.23. The molecule has 0 radical (unpaired) electrons. The third-order valence-corrected chi connectivity index (χ3v) is 5.42. The normalized spacial score (nSPS) is 17.7. The van der Waals surface area contributed by atoms with E-state index < -0.39 is 0 Å². The summed E-state index contributed by atoms with van der Waals surface area (Å²) in [6, 6.07) is 8.20. The predicted molar refractivity (Wildman–Crippen MR) is 98.5 cm³/mol. The first kappa shape index (κ1) is 17.9. The van der Waals surface area contributed by atoms with Crippen LogP contribution in [0.3, 0.4) is 0 Å². The number of carbonyl (C=O) groups is 1. The molecule has 1 aliphatic rings. The molecule has 0 aliphatic carbocycles. The molecule has 0 spiro atoms. The van der Waals surface area contributed by atoms with Crippen LogP contribution in [0.15, 0.2) is 29.4 Å². The molecule has 3 rings (SSSR count). The summed E-state index contributed by atoms with van der Waals surface area (Å²) in [5.41, 5.74) is 2.24. The lowest BCUT2D eigenvalue weighted by molar-refractivity contribution is -0.135. The Kier molecular flexibility index (Phi) is 5.75. The van der Waals surface area contributed by atoms with Gasteiger partial charge >= 0.3 is 0 Å². The van der Waals surface area contributed by atoms with E-state index in [1.165, 1.54) is 17.3 Å². The number of rotatable bonds is 5. The van der Waals surface area contributed by atoms with Crippen molar-refractivity contribution < 1.29 is 9.53 Å². The molecule has 1 aliphatic heterocycles. The van der Waals surface area contributed by atoms with Crippen molar-refractivity contribution in [1.82, 2.24) is 19.7 Å². The third kappa shape index (κ3) is 4.22. The lowest BCUT2D eigenvalue weighted by Crippen LogP contribution is -2.46. The van der Waals surface area contributed by atoms with Crippen LogP contribution in [0.4, 0.5) is 0 Å². The van der Waals surface area contributed by atoms with Gasteiger partial charge in [-0.15, -0.1) is 10.2 Å². The van der Waals surface area contributed by atoms with Gasteiger partial charge in [0.05, 0.1) is 18.5 Å². The van der Waals surface area contributed by atoms with E-state index in [9.17, 15) is 4.79 Å². The number of hydrogen-bond donors (Lipinski definition) is 0. The molecule has 1 saturated heterocycles. The maximum absolute atomic E-state index is 12.5. The lowest BCUT2D eigenvalue weighted by Gasteiger charge is -2.32. The van der Waals surface area contributed by atoms with Gasteiger partial charge in [0, 0.05) is 25.7 Å². The summed E-state index contributed by atoms with van der Waals surface area (Å²) < 4.78 is 7.56. The summed E-state index contributed by atoms with van der Waals surface area (Å²) >= 11 is 1.43. The Morgan fingerprint density at radius 1 is 1.32 bits per heavy atom. The van der Waals surface area contributed by atoms with Crippen molar-refractivity contribution in [2.45, 2.75) is 31.5 Å². The first-order chi connectivity index (χ1) is 12.1. The fraction of sp³-hybridized carbons (Fsp3) is 0.500. The van der Waals surface area contributed by atoms with E-state index in [-0.39, 0.29) is 12.0 Å². The number of nitrogens with zero attached hydrogens (tertiary/aromatic N) is 4. The van der Waals surface area contributed by atoms with E-state index in [1.807, 2.05) is 28.6 Å². The summed E-state index contributed by atoms with van der Waals surface area (Å²) in [7, 11) is 1.93. The quantitative estimate of drug-likeness (QED) is 0.767. The summed E-state index contributed by atoms with van der Waals surface area (Å²) in [6.07, 6.45) is 1.09. The third-order valence-electron chi connectivity index (χ3n) is 4.42. The van der Waals surface area contributed by atoms with E-state index in [1.54, 1.807) is 0 Å². The number of aromatic nitrogens is 3. The van der Waals surface area contributed by atoms with Crippen LogP contribution >= 0.6 is 11.8 Å². The summed E-state index contributed by atoms with van der Waals surface area (Å²) in [4.78, 5) is 14.3.